The zero-order valence-electron chi connectivity index (χ0n) is 9.23. The van der Waals surface area contributed by atoms with Crippen molar-refractivity contribution in [2.45, 2.75) is 32.2 Å². The molecule has 2 unspecified atom stereocenters. The number of thiophene rings is 1. The Morgan fingerprint density at radius 3 is 3.00 bits per heavy atom. The van der Waals surface area contributed by atoms with Gasteiger partial charge in [0.15, 0.2) is 0 Å². The Labute approximate surface area is 97.8 Å². The van der Waals surface area contributed by atoms with Gasteiger partial charge in [0.2, 0.25) is 5.79 Å². The van der Waals surface area contributed by atoms with Crippen LogP contribution in [-0.4, -0.2) is 23.8 Å². The third-order valence-corrected chi connectivity index (χ3v) is 3.71. The van der Waals surface area contributed by atoms with E-state index in [1.54, 1.807) is 11.3 Å². The van der Waals surface area contributed by atoms with Gasteiger partial charge in [0.1, 0.15) is 0 Å². The monoisotopic (exact) mass is 242 g/mol. The van der Waals surface area contributed by atoms with Crippen molar-refractivity contribution >= 4 is 17.3 Å². The van der Waals surface area contributed by atoms with E-state index in [0.29, 0.717) is 6.61 Å². The van der Waals surface area contributed by atoms with Crippen LogP contribution in [0, 0.1) is 6.92 Å². The lowest BCUT2D eigenvalue weighted by Gasteiger charge is -2.21. The fourth-order valence-electron chi connectivity index (χ4n) is 1.74. The Morgan fingerprint density at radius 1 is 1.69 bits per heavy atom. The first-order valence-corrected chi connectivity index (χ1v) is 5.92. The fraction of sp³-hybridized carbons (Fsp3) is 0.545. The number of carboxylic acids is 1. The van der Waals surface area contributed by atoms with Crippen LogP contribution in [0.3, 0.4) is 0 Å². The first-order valence-electron chi connectivity index (χ1n) is 5.10. The Hall–Kier alpha value is -0.910. The highest BCUT2D eigenvalue weighted by Gasteiger charge is 2.40. The van der Waals surface area contributed by atoms with Crippen LogP contribution in [0.15, 0.2) is 12.1 Å². The summed E-state index contributed by atoms with van der Waals surface area (Å²) >= 11 is 1.61. The van der Waals surface area contributed by atoms with E-state index in [4.69, 9.17) is 14.6 Å². The van der Waals surface area contributed by atoms with Gasteiger partial charge in [-0.3, -0.25) is 4.79 Å². The number of carbonyl (C=O) groups is 1. The molecule has 0 spiro atoms. The van der Waals surface area contributed by atoms with Crippen LogP contribution in [0.5, 0.6) is 0 Å². The van der Waals surface area contributed by atoms with Crippen molar-refractivity contribution < 1.29 is 19.4 Å². The predicted octanol–water partition coefficient (Wildman–Crippen LogP) is 2.12. The lowest BCUT2D eigenvalue weighted by Crippen LogP contribution is -2.23. The Kier molecular flexibility index (Phi) is 3.01. The van der Waals surface area contributed by atoms with Crippen LogP contribution in [0.4, 0.5) is 0 Å². The van der Waals surface area contributed by atoms with Crippen LogP contribution >= 0.6 is 11.3 Å². The van der Waals surface area contributed by atoms with Crippen molar-refractivity contribution in [3.63, 3.8) is 0 Å². The van der Waals surface area contributed by atoms with E-state index in [0.717, 1.165) is 4.88 Å². The fourth-order valence-corrected chi connectivity index (χ4v) is 2.65. The van der Waals surface area contributed by atoms with E-state index in [1.807, 2.05) is 26.0 Å². The molecular weight excluding hydrogens is 228 g/mol. The summed E-state index contributed by atoms with van der Waals surface area (Å²) in [4.78, 5) is 12.7. The molecule has 1 saturated heterocycles. The van der Waals surface area contributed by atoms with Gasteiger partial charge in [0.05, 0.1) is 24.0 Å². The second-order valence-electron chi connectivity index (χ2n) is 4.00. The molecule has 1 aliphatic heterocycles. The van der Waals surface area contributed by atoms with Crippen LogP contribution in [0.25, 0.3) is 0 Å². The predicted molar refractivity (Wildman–Crippen MR) is 59.5 cm³/mol. The van der Waals surface area contributed by atoms with E-state index in [-0.39, 0.29) is 12.5 Å². The van der Waals surface area contributed by atoms with Gasteiger partial charge in [-0.05, 0) is 26.0 Å². The number of carboxylic acid groups (broad SMARTS) is 1. The van der Waals surface area contributed by atoms with Crippen LogP contribution in [-0.2, 0) is 20.1 Å². The van der Waals surface area contributed by atoms with Gasteiger partial charge in [-0.2, -0.15) is 0 Å². The third-order valence-electron chi connectivity index (χ3n) is 2.53. The molecule has 1 aliphatic rings. The summed E-state index contributed by atoms with van der Waals surface area (Å²) in [6.07, 6.45) is -0.371. The number of aliphatic carboxylic acids is 1. The molecule has 0 aromatic carbocycles. The average Bonchev–Trinajstić information content (AvgIpc) is 2.73. The molecule has 0 amide bonds. The van der Waals surface area contributed by atoms with E-state index >= 15 is 0 Å². The quantitative estimate of drug-likeness (QED) is 0.882. The first-order chi connectivity index (χ1) is 7.49. The normalized spacial score (nSPS) is 29.5. The maximum atomic E-state index is 10.6. The van der Waals surface area contributed by atoms with Crippen LogP contribution in [0.1, 0.15) is 23.1 Å². The van der Waals surface area contributed by atoms with Gasteiger partial charge in [-0.15, -0.1) is 11.3 Å². The molecule has 0 aliphatic carbocycles. The molecule has 1 fully saturated rings. The van der Waals surface area contributed by atoms with Gasteiger partial charge >= 0.3 is 5.97 Å². The third kappa shape index (κ3) is 2.26. The lowest BCUT2D eigenvalue weighted by atomic mass is 10.2. The molecule has 2 heterocycles. The molecule has 2 atom stereocenters. The number of hydrogen-bond acceptors (Lipinski definition) is 4. The molecule has 1 aromatic rings. The minimum atomic E-state index is -0.861. The number of aryl methyl sites for hydroxylation is 1. The maximum absolute atomic E-state index is 10.6. The molecule has 0 saturated carbocycles. The maximum Gasteiger partial charge on any atom is 0.306 e. The zero-order chi connectivity index (χ0) is 11.8. The topological polar surface area (TPSA) is 55.8 Å². The van der Waals surface area contributed by atoms with E-state index < -0.39 is 11.8 Å². The summed E-state index contributed by atoms with van der Waals surface area (Å²) in [5, 5.41) is 8.69. The minimum absolute atomic E-state index is 0.0139. The van der Waals surface area contributed by atoms with Crippen molar-refractivity contribution in [1.29, 1.82) is 0 Å². The highest BCUT2D eigenvalue weighted by atomic mass is 32.1. The smallest absolute Gasteiger partial charge is 0.306 e. The lowest BCUT2D eigenvalue weighted by molar-refractivity contribution is -0.163. The standard InChI is InChI=1S/C11H14O4S/c1-7-3-4-9(16-7)11(2)14-6-8(15-11)5-10(12)13/h3-4,8H,5-6H2,1-2H3,(H,12,13). The highest BCUT2D eigenvalue weighted by molar-refractivity contribution is 7.12. The molecule has 1 N–H and O–H groups in total. The van der Waals surface area contributed by atoms with E-state index in [1.165, 1.54) is 4.88 Å². The van der Waals surface area contributed by atoms with E-state index in [2.05, 4.69) is 0 Å². The molecular formula is C11H14O4S. The van der Waals surface area contributed by atoms with Crippen LogP contribution < -0.4 is 0 Å². The van der Waals surface area contributed by atoms with Crippen molar-refractivity contribution in [2.75, 3.05) is 6.61 Å². The number of rotatable bonds is 3. The summed E-state index contributed by atoms with van der Waals surface area (Å²) in [6.45, 7) is 4.18. The Bertz CT molecular complexity index is 400. The molecule has 5 heteroatoms. The number of ether oxygens (including phenoxy) is 2. The second-order valence-corrected chi connectivity index (χ2v) is 5.29. The summed E-state index contributed by atoms with van der Waals surface area (Å²) < 4.78 is 11.2. The summed E-state index contributed by atoms with van der Waals surface area (Å²) in [6, 6.07) is 3.96. The minimum Gasteiger partial charge on any atom is -0.481 e. The Balaban J connectivity index is 2.08. The van der Waals surface area contributed by atoms with Gasteiger partial charge in [0.25, 0.3) is 0 Å². The van der Waals surface area contributed by atoms with Crippen molar-refractivity contribution in [3.05, 3.63) is 21.9 Å². The molecule has 4 nitrogen and oxygen atoms in total. The molecule has 16 heavy (non-hydrogen) atoms. The molecule has 1 aromatic heterocycles. The largest absolute Gasteiger partial charge is 0.481 e. The van der Waals surface area contributed by atoms with E-state index in [9.17, 15) is 4.79 Å². The highest BCUT2D eigenvalue weighted by Crippen LogP contribution is 2.38. The average molecular weight is 242 g/mol. The zero-order valence-corrected chi connectivity index (χ0v) is 10.0. The SMILES string of the molecule is Cc1ccc(C2(C)OCC(CC(=O)O)O2)s1. The molecule has 0 bridgehead atoms. The van der Waals surface area contributed by atoms with Crippen molar-refractivity contribution in [2.24, 2.45) is 0 Å². The van der Waals surface area contributed by atoms with Gasteiger partial charge in [-0.1, -0.05) is 0 Å². The Morgan fingerprint density at radius 2 is 2.44 bits per heavy atom. The second kappa shape index (κ2) is 4.16. The molecule has 0 radical (unpaired) electrons. The van der Waals surface area contributed by atoms with Crippen molar-refractivity contribution in [1.82, 2.24) is 0 Å². The first kappa shape index (κ1) is 11.6. The molecule has 88 valence electrons. The van der Waals surface area contributed by atoms with Crippen LogP contribution in [0.2, 0.25) is 0 Å². The summed E-state index contributed by atoms with van der Waals surface area (Å²) in [7, 11) is 0. The van der Waals surface area contributed by atoms with Gasteiger partial charge in [0, 0.05) is 4.88 Å². The van der Waals surface area contributed by atoms with Crippen molar-refractivity contribution in [3.8, 4) is 0 Å². The van der Waals surface area contributed by atoms with Gasteiger partial charge < -0.3 is 14.6 Å². The summed E-state index contributed by atoms with van der Waals surface area (Å²) in [5.74, 6) is -1.64. The summed E-state index contributed by atoms with van der Waals surface area (Å²) in [5.41, 5.74) is 0. The molecule has 2 rings (SSSR count). The van der Waals surface area contributed by atoms with Gasteiger partial charge in [-0.25, -0.2) is 0 Å². The number of hydrogen-bond donors (Lipinski definition) is 1.